The second-order valence-electron chi connectivity index (χ2n) is 22.7. The van der Waals surface area contributed by atoms with Gasteiger partial charge in [-0.1, -0.05) is 27.2 Å². The van der Waals surface area contributed by atoms with Crippen LogP contribution in [0.1, 0.15) is 90.5 Å². The highest BCUT2D eigenvalue weighted by Gasteiger charge is 2.45. The van der Waals surface area contributed by atoms with Crippen LogP contribution in [0.15, 0.2) is 35.4 Å². The fraction of sp³-hybridized carbons (Fsp3) is 0.607. The second kappa shape index (κ2) is 30.0. The number of primary amides is 1. The predicted octanol–water partition coefficient (Wildman–Crippen LogP) is -4.23. The van der Waals surface area contributed by atoms with E-state index in [0.717, 1.165) is 17.7 Å². The Kier molecular flexibility index (Phi) is 22.9. The van der Waals surface area contributed by atoms with E-state index in [2.05, 4.69) is 47.5 Å². The van der Waals surface area contributed by atoms with Gasteiger partial charge in [0.15, 0.2) is 0 Å². The van der Waals surface area contributed by atoms with Crippen LogP contribution in [0.5, 0.6) is 5.75 Å². The average Bonchev–Trinajstić information content (AvgIpc) is 2.97. The molecule has 1 unspecified atom stereocenters. The van der Waals surface area contributed by atoms with Crippen LogP contribution < -0.4 is 53.0 Å². The van der Waals surface area contributed by atoms with Crippen molar-refractivity contribution < 1.29 is 81.8 Å². The van der Waals surface area contributed by atoms with Crippen molar-refractivity contribution >= 4 is 92.6 Å². The van der Waals surface area contributed by atoms with E-state index in [1.807, 2.05) is 0 Å². The molecule has 0 spiro atoms. The molecule has 1 aromatic heterocycles. The first-order valence-electron chi connectivity index (χ1n) is 29.0. The molecule has 1 aromatic carbocycles. The molecule has 2 fully saturated rings. The smallest absolute Gasteiger partial charge is 0.253 e. The maximum Gasteiger partial charge on any atom is 0.253 e. The normalized spacial score (nSPS) is 27.7. The summed E-state index contributed by atoms with van der Waals surface area (Å²) < 4.78 is 21.2. The third kappa shape index (κ3) is 16.8. The van der Waals surface area contributed by atoms with Crippen LogP contribution in [0.25, 0.3) is 10.9 Å². The topological polar surface area (TPSA) is 436 Å². The number of imide groups is 1. The number of hydrogen-bond donors (Lipinski definition) is 13. The number of benzene rings is 1. The Balaban J connectivity index is 1.18. The standard InChI is InChI=1S/C56H78N12O17S/c1-4-28(2)47-53(81)60-22-43(73)61-39-27-86(84)55-35(34-13-12-33(19-36(34)64-55)85-17-7-5-6-16-58-49(77)31-10-8-30(9-11-31)24-68-45(75)14-15-46(68)76)20-37(50(78)59-23-44(74)65-47)62-54(82)48(29(3)41(71)26-69)66-52(80)40-18-32(70)25-67(40)56(83)38(21-42(57)72)63-51(39)79/h12-15,19,28-32,37-41,47-48,64,69-71H,4-11,16-18,20-27H2,1-3H3,(H2,57,72)(H,58,77)(H,59,78)(H,60,81)(H,61,73)(H,62,82)(H,63,79)(H,65,74)(H,66,80)/t28-,29+,30?,31?,32+,37+,38-,39+,40-,41+,47-,48-,86?/m0/s1. The Hall–Kier alpha value is -7.83. The van der Waals surface area contributed by atoms with Crippen LogP contribution >= 0.6 is 0 Å². The second-order valence-corrected chi connectivity index (χ2v) is 24.1. The highest BCUT2D eigenvalue weighted by atomic mass is 32.2. The minimum Gasteiger partial charge on any atom is -0.494 e. The van der Waals surface area contributed by atoms with E-state index < -0.39 is 176 Å². The average molecular weight is 1220 g/mol. The third-order valence-corrected chi connectivity index (χ3v) is 17.9. The number of H-pyrrole nitrogens is 1. The Morgan fingerprint density at radius 2 is 1.50 bits per heavy atom. The summed E-state index contributed by atoms with van der Waals surface area (Å²) in [6.07, 6.45) is 2.63. The zero-order valence-electron chi connectivity index (χ0n) is 48.2. The number of unbranched alkanes of at least 4 members (excludes halogenated alkanes) is 2. The summed E-state index contributed by atoms with van der Waals surface area (Å²) in [5.74, 6) is -12.3. The molecule has 1 aliphatic carbocycles. The van der Waals surface area contributed by atoms with Crippen molar-refractivity contribution in [3.05, 3.63) is 35.9 Å². The number of aliphatic hydroxyl groups is 3. The highest BCUT2D eigenvalue weighted by Crippen LogP contribution is 2.32. The number of nitrogens with two attached hydrogens (primary N) is 1. The van der Waals surface area contributed by atoms with Gasteiger partial charge in [0.05, 0.1) is 67.0 Å². The molecular weight excluding hydrogens is 1140 g/mol. The largest absolute Gasteiger partial charge is 0.494 e. The number of carbonyl (C=O) groups excluding carboxylic acids is 12. The maximum absolute atomic E-state index is 15.1. The van der Waals surface area contributed by atoms with Gasteiger partial charge in [0.2, 0.25) is 59.1 Å². The molecule has 7 rings (SSSR count). The molecule has 1 saturated carbocycles. The first kappa shape index (κ1) is 65.7. The fourth-order valence-corrected chi connectivity index (χ4v) is 12.6. The van der Waals surface area contributed by atoms with E-state index in [4.69, 9.17) is 10.5 Å². The van der Waals surface area contributed by atoms with Gasteiger partial charge >= 0.3 is 0 Å². The van der Waals surface area contributed by atoms with E-state index in [1.54, 1.807) is 32.0 Å². The highest BCUT2D eigenvalue weighted by molar-refractivity contribution is 7.85. The van der Waals surface area contributed by atoms with Gasteiger partial charge < -0.3 is 78.2 Å². The van der Waals surface area contributed by atoms with Crippen molar-refractivity contribution in [2.45, 2.75) is 145 Å². The molecule has 11 atom stereocenters. The number of nitrogens with one attached hydrogen (secondary N) is 9. The van der Waals surface area contributed by atoms with Gasteiger partial charge in [-0.15, -0.1) is 0 Å². The van der Waals surface area contributed by atoms with Crippen molar-refractivity contribution in [1.82, 2.24) is 57.3 Å². The number of aromatic amines is 1. The molecular formula is C56H78N12O17S. The number of aliphatic hydroxyl groups excluding tert-OH is 3. The van der Waals surface area contributed by atoms with Crippen molar-refractivity contribution in [3.8, 4) is 5.75 Å². The van der Waals surface area contributed by atoms with Gasteiger partial charge in [0.1, 0.15) is 47.0 Å². The molecule has 12 amide bonds. The van der Waals surface area contributed by atoms with Crippen LogP contribution in [0, 0.1) is 23.7 Å². The zero-order valence-corrected chi connectivity index (χ0v) is 49.0. The van der Waals surface area contributed by atoms with Crippen LogP contribution in [0.4, 0.5) is 0 Å². The number of carbonyl (C=O) groups is 12. The van der Waals surface area contributed by atoms with E-state index in [0.29, 0.717) is 62.8 Å². The predicted molar refractivity (Wildman–Crippen MR) is 304 cm³/mol. The fourth-order valence-electron chi connectivity index (χ4n) is 11.2. The molecule has 2 bridgehead atoms. The number of nitrogens with zero attached hydrogens (tertiary/aromatic N) is 2. The molecule has 1 saturated heterocycles. The van der Waals surface area contributed by atoms with Gasteiger partial charge in [0, 0.05) is 67.9 Å². The number of amides is 12. The minimum absolute atomic E-state index is 0.0482. The quantitative estimate of drug-likeness (QED) is 0.0527. The molecule has 2 aromatic rings. The van der Waals surface area contributed by atoms with Crippen LogP contribution in [0.2, 0.25) is 0 Å². The van der Waals surface area contributed by atoms with E-state index in [1.165, 1.54) is 24.0 Å². The molecule has 0 radical (unpaired) electrons. The SMILES string of the molecule is CC[C@H](C)[C@@H]1NC(=O)CNC(=O)[C@H]2Cc3c([nH]c4cc(OCCCCCNC(=O)C5CCC(CN6C(=O)C=CC6=O)CC5)ccc34)S(=O)C[C@@H](NC(=O)CNC1=O)C(=O)N[C@@H](CC(N)=O)C(=O)N1C[C@H](O)C[C@H]1C(=O)N[C@@H]([C@H](C)[C@H](O)CO)C(=O)N2. The number of fused-ring (bicyclic) bond motifs is 5. The lowest BCUT2D eigenvalue weighted by atomic mass is 9.81. The van der Waals surface area contributed by atoms with Gasteiger partial charge in [-0.3, -0.25) is 66.6 Å². The first-order valence-corrected chi connectivity index (χ1v) is 30.4. The van der Waals surface area contributed by atoms with Crippen molar-refractivity contribution in [3.63, 3.8) is 0 Å². The Labute approximate surface area is 497 Å². The molecule has 29 nitrogen and oxygen atoms in total. The van der Waals surface area contributed by atoms with Gasteiger partial charge in [-0.2, -0.15) is 0 Å². The van der Waals surface area contributed by atoms with Gasteiger partial charge in [0.25, 0.3) is 11.8 Å². The molecule has 4 aliphatic heterocycles. The summed E-state index contributed by atoms with van der Waals surface area (Å²) in [4.78, 5) is 168. The summed E-state index contributed by atoms with van der Waals surface area (Å²) in [6.45, 7) is 2.70. The third-order valence-electron chi connectivity index (χ3n) is 16.5. The number of ether oxygens (including phenoxy) is 1. The molecule has 5 heterocycles. The molecule has 30 heteroatoms. The van der Waals surface area contributed by atoms with Crippen molar-refractivity contribution in [2.75, 3.05) is 51.7 Å². The molecule has 5 aliphatic rings. The first-order chi connectivity index (χ1) is 41.0. The summed E-state index contributed by atoms with van der Waals surface area (Å²) in [7, 11) is -2.42. The Bertz CT molecular complexity index is 2970. The summed E-state index contributed by atoms with van der Waals surface area (Å²) in [5.41, 5.74) is 5.95. The van der Waals surface area contributed by atoms with E-state index >= 15 is 4.21 Å². The lowest BCUT2D eigenvalue weighted by Gasteiger charge is -2.32. The summed E-state index contributed by atoms with van der Waals surface area (Å²) in [5, 5.41) is 52.3. The van der Waals surface area contributed by atoms with Crippen LogP contribution in [-0.4, -0.2) is 205 Å². The van der Waals surface area contributed by atoms with E-state index in [9.17, 15) is 72.9 Å². The van der Waals surface area contributed by atoms with Crippen molar-refractivity contribution in [1.29, 1.82) is 0 Å². The van der Waals surface area contributed by atoms with Crippen LogP contribution in [-0.2, 0) is 74.8 Å². The minimum atomic E-state index is -2.42. The zero-order chi connectivity index (χ0) is 62.5. The number of rotatable bonds is 17. The Morgan fingerprint density at radius 3 is 2.17 bits per heavy atom. The summed E-state index contributed by atoms with van der Waals surface area (Å²) >= 11 is 0. The Morgan fingerprint density at radius 1 is 0.814 bits per heavy atom. The number of hydrogen-bond acceptors (Lipinski definition) is 17. The monoisotopic (exact) mass is 1220 g/mol. The molecule has 470 valence electrons. The molecule has 14 N–H and O–H groups in total. The lowest BCUT2D eigenvalue weighted by molar-refractivity contribution is -0.144. The molecule has 86 heavy (non-hydrogen) atoms. The maximum atomic E-state index is 15.1. The summed E-state index contributed by atoms with van der Waals surface area (Å²) in [6, 6.07) is -5.35. The number of aromatic nitrogens is 1. The van der Waals surface area contributed by atoms with Gasteiger partial charge in [-0.05, 0) is 74.5 Å². The lowest BCUT2D eigenvalue weighted by Crippen LogP contribution is -2.62. The van der Waals surface area contributed by atoms with Gasteiger partial charge in [-0.25, -0.2) is 0 Å². The van der Waals surface area contributed by atoms with Crippen molar-refractivity contribution in [2.24, 2.45) is 29.4 Å². The van der Waals surface area contributed by atoms with E-state index in [-0.39, 0.29) is 52.3 Å². The van der Waals surface area contributed by atoms with Crippen LogP contribution in [0.3, 0.4) is 0 Å².